The van der Waals surface area contributed by atoms with Crippen molar-refractivity contribution in [3.63, 3.8) is 0 Å². The van der Waals surface area contributed by atoms with Gasteiger partial charge in [-0.3, -0.25) is 0 Å². The minimum Gasteiger partial charge on any atom is -0.383 e. The Hall–Kier alpha value is -1.33. The van der Waals surface area contributed by atoms with Crippen molar-refractivity contribution in [1.29, 1.82) is 0 Å². The van der Waals surface area contributed by atoms with Gasteiger partial charge in [-0.05, 0) is 19.9 Å². The summed E-state index contributed by atoms with van der Waals surface area (Å²) >= 11 is 7.65. The average molecular weight is 255 g/mol. The van der Waals surface area contributed by atoms with Gasteiger partial charge in [-0.25, -0.2) is 4.98 Å². The molecule has 6 heteroatoms. The molecule has 0 saturated carbocycles. The summed E-state index contributed by atoms with van der Waals surface area (Å²) in [5.41, 5.74) is 13.7. The van der Waals surface area contributed by atoms with Crippen LogP contribution in [0.25, 0.3) is 11.1 Å². The molecule has 0 unspecified atom stereocenters. The van der Waals surface area contributed by atoms with Crippen LogP contribution < -0.4 is 11.5 Å². The molecule has 0 saturated heterocycles. The van der Waals surface area contributed by atoms with E-state index >= 15 is 0 Å². The molecule has 0 spiro atoms. The third-order valence-corrected chi connectivity index (χ3v) is 3.49. The molecule has 0 bridgehead atoms. The van der Waals surface area contributed by atoms with Crippen molar-refractivity contribution in [3.8, 4) is 11.1 Å². The van der Waals surface area contributed by atoms with Crippen LogP contribution in [0.3, 0.4) is 0 Å². The Morgan fingerprint density at radius 2 is 1.94 bits per heavy atom. The molecule has 16 heavy (non-hydrogen) atoms. The first-order chi connectivity index (χ1) is 7.49. The quantitative estimate of drug-likeness (QED) is 0.820. The summed E-state index contributed by atoms with van der Waals surface area (Å²) < 4.78 is 0.695. The minimum atomic E-state index is 0.182. The largest absolute Gasteiger partial charge is 0.383 e. The van der Waals surface area contributed by atoms with Gasteiger partial charge in [0.15, 0.2) is 0 Å². The number of nitrogen functional groups attached to an aromatic ring is 2. The summed E-state index contributed by atoms with van der Waals surface area (Å²) in [7, 11) is 0. The van der Waals surface area contributed by atoms with Gasteiger partial charge >= 0.3 is 0 Å². The van der Waals surface area contributed by atoms with E-state index in [1.807, 2.05) is 19.9 Å². The van der Waals surface area contributed by atoms with Gasteiger partial charge in [-0.15, -0.1) is 11.3 Å². The van der Waals surface area contributed by atoms with E-state index in [-0.39, 0.29) is 5.95 Å². The van der Waals surface area contributed by atoms with Crippen LogP contribution in [0.2, 0.25) is 4.34 Å². The number of nitrogens with two attached hydrogens (primary N) is 2. The molecule has 0 amide bonds. The molecule has 0 aromatic carbocycles. The van der Waals surface area contributed by atoms with E-state index in [9.17, 15) is 0 Å². The van der Waals surface area contributed by atoms with E-state index in [1.54, 1.807) is 0 Å². The Labute approximate surface area is 102 Å². The second kappa shape index (κ2) is 3.92. The van der Waals surface area contributed by atoms with Gasteiger partial charge in [0.05, 0.1) is 5.69 Å². The molecule has 0 fully saturated rings. The van der Waals surface area contributed by atoms with Crippen LogP contribution in [0.15, 0.2) is 6.07 Å². The lowest BCUT2D eigenvalue weighted by molar-refractivity contribution is 1.13. The van der Waals surface area contributed by atoms with Gasteiger partial charge in [0.25, 0.3) is 0 Å². The smallest absolute Gasteiger partial charge is 0.222 e. The highest BCUT2D eigenvalue weighted by Gasteiger charge is 2.15. The Balaban J connectivity index is 2.69. The maximum Gasteiger partial charge on any atom is 0.222 e. The van der Waals surface area contributed by atoms with Crippen LogP contribution in [0.1, 0.15) is 10.6 Å². The van der Waals surface area contributed by atoms with Crippen molar-refractivity contribution in [3.05, 3.63) is 21.0 Å². The molecule has 84 valence electrons. The second-order valence-electron chi connectivity index (χ2n) is 3.47. The summed E-state index contributed by atoms with van der Waals surface area (Å²) in [6.45, 7) is 3.83. The van der Waals surface area contributed by atoms with Crippen molar-refractivity contribution in [1.82, 2.24) is 9.97 Å². The first-order valence-corrected chi connectivity index (χ1v) is 5.84. The lowest BCUT2D eigenvalue weighted by Gasteiger charge is -2.07. The summed E-state index contributed by atoms with van der Waals surface area (Å²) in [6.07, 6.45) is 0. The molecule has 0 aliphatic carbocycles. The SMILES string of the molecule is Cc1cc(-c2c(C)nc(N)nc2N)c(Cl)s1. The number of nitrogens with zero attached hydrogens (tertiary/aromatic N) is 2. The van der Waals surface area contributed by atoms with Crippen molar-refractivity contribution in [2.24, 2.45) is 0 Å². The van der Waals surface area contributed by atoms with Crippen molar-refractivity contribution < 1.29 is 0 Å². The summed E-state index contributed by atoms with van der Waals surface area (Å²) in [5, 5.41) is 0. The Bertz CT molecular complexity index is 527. The maximum atomic E-state index is 6.14. The van der Waals surface area contributed by atoms with Gasteiger partial charge in [0, 0.05) is 16.0 Å². The zero-order chi connectivity index (χ0) is 11.9. The first kappa shape index (κ1) is 11.2. The standard InChI is InChI=1S/C10H11ClN4S/c1-4-3-6(8(11)16-4)7-5(2)14-10(13)15-9(7)12/h3H,1-2H3,(H4,12,13,14,15). The van der Waals surface area contributed by atoms with Crippen LogP contribution in [0, 0.1) is 13.8 Å². The monoisotopic (exact) mass is 254 g/mol. The molecule has 2 heterocycles. The molecule has 0 aliphatic heterocycles. The number of thiophene rings is 1. The zero-order valence-corrected chi connectivity index (χ0v) is 10.5. The van der Waals surface area contributed by atoms with E-state index in [4.69, 9.17) is 23.1 Å². The number of rotatable bonds is 1. The Kier molecular flexibility index (Phi) is 2.73. The number of hydrogen-bond acceptors (Lipinski definition) is 5. The fourth-order valence-corrected chi connectivity index (χ4v) is 2.85. The van der Waals surface area contributed by atoms with Crippen LogP contribution in [-0.4, -0.2) is 9.97 Å². The van der Waals surface area contributed by atoms with Gasteiger partial charge < -0.3 is 11.5 Å². The fourth-order valence-electron chi connectivity index (χ4n) is 1.61. The topological polar surface area (TPSA) is 77.8 Å². The van der Waals surface area contributed by atoms with E-state index in [0.717, 1.165) is 21.7 Å². The molecule has 0 atom stereocenters. The second-order valence-corrected chi connectivity index (χ2v) is 5.33. The zero-order valence-electron chi connectivity index (χ0n) is 8.91. The highest BCUT2D eigenvalue weighted by molar-refractivity contribution is 7.16. The maximum absolute atomic E-state index is 6.14. The van der Waals surface area contributed by atoms with Gasteiger partial charge in [-0.2, -0.15) is 4.98 Å². The fraction of sp³-hybridized carbons (Fsp3) is 0.200. The predicted octanol–water partition coefficient (Wildman–Crippen LogP) is 2.64. The minimum absolute atomic E-state index is 0.182. The lowest BCUT2D eigenvalue weighted by atomic mass is 10.1. The predicted molar refractivity (Wildman–Crippen MR) is 68.7 cm³/mol. The Morgan fingerprint density at radius 3 is 2.44 bits per heavy atom. The summed E-state index contributed by atoms with van der Waals surface area (Å²) in [4.78, 5) is 9.17. The number of hydrogen-bond donors (Lipinski definition) is 2. The Morgan fingerprint density at radius 1 is 1.25 bits per heavy atom. The molecular weight excluding hydrogens is 244 g/mol. The first-order valence-electron chi connectivity index (χ1n) is 4.65. The lowest BCUT2D eigenvalue weighted by Crippen LogP contribution is -2.04. The molecular formula is C10H11ClN4S. The third kappa shape index (κ3) is 1.83. The van der Waals surface area contributed by atoms with Crippen LogP contribution in [-0.2, 0) is 0 Å². The van der Waals surface area contributed by atoms with Crippen molar-refractivity contribution in [2.45, 2.75) is 13.8 Å². The van der Waals surface area contributed by atoms with Crippen LogP contribution in [0.5, 0.6) is 0 Å². The number of halogens is 1. The van der Waals surface area contributed by atoms with Gasteiger partial charge in [0.1, 0.15) is 10.2 Å². The van der Waals surface area contributed by atoms with Crippen molar-refractivity contribution >= 4 is 34.7 Å². The van der Waals surface area contributed by atoms with Gasteiger partial charge in [-0.1, -0.05) is 11.6 Å². The van der Waals surface area contributed by atoms with Crippen LogP contribution in [0.4, 0.5) is 11.8 Å². The molecule has 4 nitrogen and oxygen atoms in total. The highest BCUT2D eigenvalue weighted by Crippen LogP contribution is 2.38. The normalized spacial score (nSPS) is 10.7. The van der Waals surface area contributed by atoms with E-state index in [1.165, 1.54) is 11.3 Å². The molecule has 0 aliphatic rings. The van der Waals surface area contributed by atoms with E-state index in [0.29, 0.717) is 10.2 Å². The van der Waals surface area contributed by atoms with E-state index in [2.05, 4.69) is 9.97 Å². The molecule has 2 rings (SSSR count). The molecule has 2 aromatic heterocycles. The number of anilines is 2. The van der Waals surface area contributed by atoms with Crippen LogP contribution >= 0.6 is 22.9 Å². The van der Waals surface area contributed by atoms with Gasteiger partial charge in [0.2, 0.25) is 5.95 Å². The van der Waals surface area contributed by atoms with Crippen molar-refractivity contribution in [2.75, 3.05) is 11.5 Å². The number of aromatic nitrogens is 2. The summed E-state index contributed by atoms with van der Waals surface area (Å²) in [6, 6.07) is 1.98. The third-order valence-electron chi connectivity index (χ3n) is 2.21. The molecule has 4 N–H and O–H groups in total. The molecule has 0 radical (unpaired) electrons. The molecule has 2 aromatic rings. The number of aryl methyl sites for hydroxylation is 2. The van der Waals surface area contributed by atoms with E-state index < -0.39 is 0 Å². The average Bonchev–Trinajstić information content (AvgIpc) is 2.43. The highest BCUT2D eigenvalue weighted by atomic mass is 35.5. The summed E-state index contributed by atoms with van der Waals surface area (Å²) in [5.74, 6) is 0.548.